The number of hydrogen-bond acceptors (Lipinski definition) is 3. The first-order valence-electron chi connectivity index (χ1n) is 8.62. The number of aliphatic imine (C=N–C) groups is 1. The highest BCUT2D eigenvalue weighted by Gasteiger charge is 2.04. The molecule has 0 fully saturated rings. The molecule has 1 aromatic carbocycles. The van der Waals surface area contributed by atoms with E-state index in [9.17, 15) is 9.90 Å². The van der Waals surface area contributed by atoms with Crippen LogP contribution in [0.3, 0.4) is 0 Å². The molecule has 134 valence electrons. The molecule has 0 aliphatic heterocycles. The standard InChI is InChI=1S/C18H30N4O2/c1-4-19-18(21-11-5-6-14(2)3)22-13-12-20-17(24)15-7-9-16(23)10-8-15/h7-10,14,23H,4-6,11-13H2,1-3H3,(H,20,24)(H2,19,21,22). The molecule has 6 heteroatoms. The lowest BCUT2D eigenvalue weighted by atomic mass is 10.1. The number of carbonyl (C=O) groups is 1. The van der Waals surface area contributed by atoms with Crippen LogP contribution in [0.15, 0.2) is 29.3 Å². The smallest absolute Gasteiger partial charge is 0.251 e. The predicted octanol–water partition coefficient (Wildman–Crippen LogP) is 2.11. The van der Waals surface area contributed by atoms with Gasteiger partial charge in [-0.1, -0.05) is 13.8 Å². The number of rotatable bonds is 9. The first-order chi connectivity index (χ1) is 11.5. The number of nitrogens with zero attached hydrogens (tertiary/aromatic N) is 1. The molecule has 0 spiro atoms. The molecule has 0 atom stereocenters. The molecule has 24 heavy (non-hydrogen) atoms. The van der Waals surface area contributed by atoms with E-state index < -0.39 is 0 Å². The fourth-order valence-electron chi connectivity index (χ4n) is 2.10. The van der Waals surface area contributed by atoms with Crippen molar-refractivity contribution in [3.05, 3.63) is 29.8 Å². The zero-order chi connectivity index (χ0) is 17.8. The highest BCUT2D eigenvalue weighted by Crippen LogP contribution is 2.09. The molecule has 4 N–H and O–H groups in total. The summed E-state index contributed by atoms with van der Waals surface area (Å²) in [4.78, 5) is 16.5. The molecule has 6 nitrogen and oxygen atoms in total. The second kappa shape index (κ2) is 11.3. The van der Waals surface area contributed by atoms with Gasteiger partial charge in [0.2, 0.25) is 0 Å². The maximum atomic E-state index is 11.9. The summed E-state index contributed by atoms with van der Waals surface area (Å²) in [5, 5.41) is 18.5. The van der Waals surface area contributed by atoms with Gasteiger partial charge in [-0.05, 0) is 49.9 Å². The van der Waals surface area contributed by atoms with Crippen molar-refractivity contribution in [2.75, 3.05) is 26.2 Å². The van der Waals surface area contributed by atoms with Crippen LogP contribution >= 0.6 is 0 Å². The Morgan fingerprint density at radius 3 is 2.42 bits per heavy atom. The number of benzene rings is 1. The minimum absolute atomic E-state index is 0.150. The van der Waals surface area contributed by atoms with Crippen molar-refractivity contribution in [3.8, 4) is 5.75 Å². The van der Waals surface area contributed by atoms with Gasteiger partial charge in [-0.15, -0.1) is 0 Å². The summed E-state index contributed by atoms with van der Waals surface area (Å²) in [5.41, 5.74) is 0.530. The second-order valence-corrected chi connectivity index (χ2v) is 6.03. The summed E-state index contributed by atoms with van der Waals surface area (Å²) >= 11 is 0. The van der Waals surface area contributed by atoms with Crippen molar-refractivity contribution >= 4 is 11.9 Å². The Balaban J connectivity index is 2.30. The van der Waals surface area contributed by atoms with E-state index in [-0.39, 0.29) is 11.7 Å². The highest BCUT2D eigenvalue weighted by molar-refractivity contribution is 5.94. The number of phenolic OH excluding ortho intramolecular Hbond substituents is 1. The van der Waals surface area contributed by atoms with Crippen molar-refractivity contribution in [1.82, 2.24) is 16.0 Å². The van der Waals surface area contributed by atoms with E-state index >= 15 is 0 Å². The van der Waals surface area contributed by atoms with Gasteiger partial charge in [0.15, 0.2) is 5.96 Å². The van der Waals surface area contributed by atoms with E-state index in [0.29, 0.717) is 24.6 Å². The van der Waals surface area contributed by atoms with Crippen LogP contribution < -0.4 is 16.0 Å². The van der Waals surface area contributed by atoms with Crippen LogP contribution in [0, 0.1) is 5.92 Å². The molecule has 0 heterocycles. The van der Waals surface area contributed by atoms with Crippen LogP contribution in [-0.2, 0) is 0 Å². The number of aromatic hydroxyl groups is 1. The molecule has 1 amide bonds. The van der Waals surface area contributed by atoms with Crippen LogP contribution in [0.2, 0.25) is 0 Å². The number of phenols is 1. The van der Waals surface area contributed by atoms with Gasteiger partial charge in [0.05, 0.1) is 0 Å². The van der Waals surface area contributed by atoms with Gasteiger partial charge >= 0.3 is 0 Å². The normalized spacial score (nSPS) is 11.4. The first kappa shape index (κ1) is 19.8. The van der Waals surface area contributed by atoms with Crippen molar-refractivity contribution in [2.24, 2.45) is 10.9 Å². The van der Waals surface area contributed by atoms with Crippen LogP contribution in [0.4, 0.5) is 0 Å². The minimum atomic E-state index is -0.157. The molecule has 0 saturated carbocycles. The Morgan fingerprint density at radius 2 is 1.79 bits per heavy atom. The van der Waals surface area contributed by atoms with Gasteiger partial charge in [-0.3, -0.25) is 9.79 Å². The summed E-state index contributed by atoms with van der Waals surface area (Å²) in [7, 11) is 0. The molecule has 0 saturated heterocycles. The Labute approximate surface area is 144 Å². The summed E-state index contributed by atoms with van der Waals surface area (Å²) < 4.78 is 0. The molecule has 0 radical (unpaired) electrons. The zero-order valence-electron chi connectivity index (χ0n) is 14.9. The second-order valence-electron chi connectivity index (χ2n) is 6.03. The molecule has 1 aromatic rings. The van der Waals surface area contributed by atoms with Crippen molar-refractivity contribution < 1.29 is 9.90 Å². The number of amides is 1. The minimum Gasteiger partial charge on any atom is -0.508 e. The van der Waals surface area contributed by atoms with Gasteiger partial charge in [0, 0.05) is 31.7 Å². The van der Waals surface area contributed by atoms with Crippen LogP contribution in [0.1, 0.15) is 44.0 Å². The molecule has 0 aliphatic carbocycles. The molecule has 0 bridgehead atoms. The Kier molecular flexibility index (Phi) is 9.34. The van der Waals surface area contributed by atoms with E-state index in [0.717, 1.165) is 25.5 Å². The Morgan fingerprint density at radius 1 is 1.12 bits per heavy atom. The highest BCUT2D eigenvalue weighted by atomic mass is 16.3. The maximum Gasteiger partial charge on any atom is 0.251 e. The lowest BCUT2D eigenvalue weighted by Crippen LogP contribution is -2.41. The summed E-state index contributed by atoms with van der Waals surface area (Å²) in [6.07, 6.45) is 2.25. The molecule has 0 aromatic heterocycles. The average Bonchev–Trinajstić information content (AvgIpc) is 2.55. The number of hydrogen-bond donors (Lipinski definition) is 4. The van der Waals surface area contributed by atoms with Gasteiger partial charge in [-0.25, -0.2) is 0 Å². The number of nitrogens with one attached hydrogen (secondary N) is 3. The quantitative estimate of drug-likeness (QED) is 0.316. The van der Waals surface area contributed by atoms with E-state index in [4.69, 9.17) is 0 Å². The molecular weight excluding hydrogens is 304 g/mol. The predicted molar refractivity (Wildman–Crippen MR) is 98.5 cm³/mol. The molecule has 0 unspecified atom stereocenters. The monoisotopic (exact) mass is 334 g/mol. The fraction of sp³-hybridized carbons (Fsp3) is 0.556. The summed E-state index contributed by atoms with van der Waals surface area (Å²) in [6.45, 7) is 9.14. The Hall–Kier alpha value is -2.24. The fourth-order valence-corrected chi connectivity index (χ4v) is 2.10. The van der Waals surface area contributed by atoms with E-state index in [1.165, 1.54) is 18.6 Å². The van der Waals surface area contributed by atoms with Crippen molar-refractivity contribution in [2.45, 2.75) is 33.6 Å². The summed E-state index contributed by atoms with van der Waals surface area (Å²) in [6, 6.07) is 6.19. The van der Waals surface area contributed by atoms with E-state index in [1.807, 2.05) is 6.92 Å². The maximum absolute atomic E-state index is 11.9. The van der Waals surface area contributed by atoms with Crippen LogP contribution in [-0.4, -0.2) is 43.2 Å². The lowest BCUT2D eigenvalue weighted by Gasteiger charge is -2.12. The third-order valence-corrected chi connectivity index (χ3v) is 3.39. The van der Waals surface area contributed by atoms with Gasteiger partial charge in [0.25, 0.3) is 5.91 Å². The number of guanidine groups is 1. The van der Waals surface area contributed by atoms with Gasteiger partial charge in [0.1, 0.15) is 5.75 Å². The third kappa shape index (κ3) is 8.41. The van der Waals surface area contributed by atoms with Crippen molar-refractivity contribution in [3.63, 3.8) is 0 Å². The Bertz CT molecular complexity index is 512. The SMILES string of the molecule is CCNC(=NCCCC(C)C)NCCNC(=O)c1ccc(O)cc1. The molecule has 0 aliphatic rings. The zero-order valence-corrected chi connectivity index (χ0v) is 14.9. The molecular formula is C18H30N4O2. The largest absolute Gasteiger partial charge is 0.508 e. The average molecular weight is 334 g/mol. The van der Waals surface area contributed by atoms with Gasteiger partial charge < -0.3 is 21.1 Å². The third-order valence-electron chi connectivity index (χ3n) is 3.39. The topological polar surface area (TPSA) is 85.8 Å². The van der Waals surface area contributed by atoms with E-state index in [2.05, 4.69) is 34.8 Å². The van der Waals surface area contributed by atoms with E-state index in [1.54, 1.807) is 12.1 Å². The van der Waals surface area contributed by atoms with Crippen LogP contribution in [0.5, 0.6) is 5.75 Å². The summed E-state index contributed by atoms with van der Waals surface area (Å²) in [5.74, 6) is 1.47. The number of carbonyl (C=O) groups excluding carboxylic acids is 1. The molecule has 1 rings (SSSR count). The van der Waals surface area contributed by atoms with Crippen molar-refractivity contribution in [1.29, 1.82) is 0 Å². The first-order valence-corrected chi connectivity index (χ1v) is 8.62. The lowest BCUT2D eigenvalue weighted by molar-refractivity contribution is 0.0954. The van der Waals surface area contributed by atoms with Crippen LogP contribution in [0.25, 0.3) is 0 Å². The van der Waals surface area contributed by atoms with Gasteiger partial charge in [-0.2, -0.15) is 0 Å².